The maximum absolute atomic E-state index is 12.4. The van der Waals surface area contributed by atoms with Crippen molar-refractivity contribution in [3.63, 3.8) is 0 Å². The molecule has 130 valence electrons. The number of aromatic amines is 1. The van der Waals surface area contributed by atoms with Crippen molar-refractivity contribution < 1.29 is 9.90 Å². The minimum Gasteiger partial charge on any atom is -0.389 e. The third kappa shape index (κ3) is 3.08. The van der Waals surface area contributed by atoms with Crippen LogP contribution < -0.4 is 5.32 Å². The molecule has 2 aromatic heterocycles. The van der Waals surface area contributed by atoms with Gasteiger partial charge in [-0.05, 0) is 25.8 Å². The first kappa shape index (κ1) is 16.7. The van der Waals surface area contributed by atoms with Crippen LogP contribution in [0.25, 0.3) is 0 Å². The predicted molar refractivity (Wildman–Crippen MR) is 89.8 cm³/mol. The van der Waals surface area contributed by atoms with E-state index in [1.807, 2.05) is 17.7 Å². The number of aromatic nitrogens is 4. The number of H-pyrrole nitrogens is 1. The highest BCUT2D eigenvalue weighted by Crippen LogP contribution is 2.31. The lowest BCUT2D eigenvalue weighted by Crippen LogP contribution is -2.42. The molecule has 0 aromatic carbocycles. The van der Waals surface area contributed by atoms with E-state index < -0.39 is 6.10 Å². The Bertz CT molecular complexity index is 727. The third-order valence-electron chi connectivity index (χ3n) is 4.73. The summed E-state index contributed by atoms with van der Waals surface area (Å²) < 4.78 is 1.98. The first-order valence-electron chi connectivity index (χ1n) is 8.31. The van der Waals surface area contributed by atoms with Crippen LogP contribution in [0.2, 0.25) is 0 Å². The van der Waals surface area contributed by atoms with Crippen molar-refractivity contribution in [2.24, 2.45) is 0 Å². The molecule has 0 saturated heterocycles. The Hall–Kier alpha value is -2.15. The van der Waals surface area contributed by atoms with E-state index in [9.17, 15) is 9.90 Å². The number of hydrogen-bond donors (Lipinski definition) is 3. The normalized spacial score (nSPS) is 24.3. The molecule has 1 fully saturated rings. The minimum absolute atomic E-state index is 0.0536. The van der Waals surface area contributed by atoms with Crippen LogP contribution in [0.4, 0.5) is 0 Å². The van der Waals surface area contributed by atoms with Crippen molar-refractivity contribution in [2.75, 3.05) is 0 Å². The van der Waals surface area contributed by atoms with Gasteiger partial charge in [-0.25, -0.2) is 4.98 Å². The molecule has 3 rings (SSSR count). The zero-order chi connectivity index (χ0) is 17.5. The summed E-state index contributed by atoms with van der Waals surface area (Å²) in [5, 5.41) is 20.5. The summed E-state index contributed by atoms with van der Waals surface area (Å²) in [6.07, 6.45) is 4.49. The Morgan fingerprint density at radius 1 is 1.42 bits per heavy atom. The van der Waals surface area contributed by atoms with E-state index in [-0.39, 0.29) is 23.4 Å². The Morgan fingerprint density at radius 2 is 2.17 bits per heavy atom. The van der Waals surface area contributed by atoms with Crippen LogP contribution in [0.3, 0.4) is 0 Å². The van der Waals surface area contributed by atoms with Crippen molar-refractivity contribution in [1.82, 2.24) is 25.1 Å². The summed E-state index contributed by atoms with van der Waals surface area (Å²) in [7, 11) is 0. The summed E-state index contributed by atoms with van der Waals surface area (Å²) in [5.74, 6) is 0.613. The largest absolute Gasteiger partial charge is 0.389 e. The fraction of sp³-hybridized carbons (Fsp3) is 0.588. The fourth-order valence-corrected chi connectivity index (χ4v) is 3.22. The van der Waals surface area contributed by atoms with Crippen LogP contribution >= 0.6 is 0 Å². The standard InChI is InChI=1S/C17H25N5O2/c1-10-18-7-8-22(10)13-6-5-11(15(13)23)19-16(24)12-9-14(21-20-12)17(2,3)4/h7-9,11,13,15,23H,5-6H2,1-4H3,(H,19,24)(H,20,21)/t11-,13-,15-/m1/s1. The molecule has 3 N–H and O–H groups in total. The molecular weight excluding hydrogens is 306 g/mol. The monoisotopic (exact) mass is 331 g/mol. The molecule has 2 heterocycles. The number of aliphatic hydroxyl groups is 1. The van der Waals surface area contributed by atoms with Crippen molar-refractivity contribution in [1.29, 1.82) is 0 Å². The number of imidazole rings is 1. The second-order valence-electron chi connectivity index (χ2n) is 7.51. The van der Waals surface area contributed by atoms with Gasteiger partial charge in [-0.3, -0.25) is 9.89 Å². The lowest BCUT2D eigenvalue weighted by atomic mass is 9.92. The molecule has 3 atom stereocenters. The van der Waals surface area contributed by atoms with E-state index >= 15 is 0 Å². The molecular formula is C17H25N5O2. The van der Waals surface area contributed by atoms with Gasteiger partial charge in [-0.2, -0.15) is 5.10 Å². The average Bonchev–Trinajstić information content (AvgIpc) is 3.20. The number of nitrogens with zero attached hydrogens (tertiary/aromatic N) is 3. The second kappa shape index (κ2) is 6.05. The van der Waals surface area contributed by atoms with E-state index in [0.29, 0.717) is 5.69 Å². The molecule has 1 amide bonds. The van der Waals surface area contributed by atoms with Gasteiger partial charge in [0.05, 0.1) is 18.2 Å². The summed E-state index contributed by atoms with van der Waals surface area (Å²) in [6.45, 7) is 8.08. The molecule has 0 unspecified atom stereocenters. The first-order chi connectivity index (χ1) is 11.3. The molecule has 7 heteroatoms. The quantitative estimate of drug-likeness (QED) is 0.798. The molecule has 1 aliphatic carbocycles. The minimum atomic E-state index is -0.636. The van der Waals surface area contributed by atoms with E-state index in [4.69, 9.17) is 0 Å². The summed E-state index contributed by atoms with van der Waals surface area (Å²) >= 11 is 0. The maximum Gasteiger partial charge on any atom is 0.272 e. The molecule has 0 bridgehead atoms. The van der Waals surface area contributed by atoms with E-state index in [1.54, 1.807) is 12.3 Å². The Balaban J connectivity index is 1.67. The highest BCUT2D eigenvalue weighted by Gasteiger charge is 2.37. The lowest BCUT2D eigenvalue weighted by molar-refractivity contribution is 0.0807. The van der Waals surface area contributed by atoms with E-state index in [1.165, 1.54) is 0 Å². The number of carbonyl (C=O) groups is 1. The van der Waals surface area contributed by atoms with Gasteiger partial charge in [-0.1, -0.05) is 20.8 Å². The summed E-state index contributed by atoms with van der Waals surface area (Å²) in [5.41, 5.74) is 1.17. The molecule has 0 aliphatic heterocycles. The van der Waals surface area contributed by atoms with Crippen LogP contribution in [-0.2, 0) is 5.41 Å². The lowest BCUT2D eigenvalue weighted by Gasteiger charge is -2.22. The highest BCUT2D eigenvalue weighted by atomic mass is 16.3. The van der Waals surface area contributed by atoms with Gasteiger partial charge < -0.3 is 15.0 Å². The summed E-state index contributed by atoms with van der Waals surface area (Å²) in [4.78, 5) is 16.6. The van der Waals surface area contributed by atoms with E-state index in [2.05, 4.69) is 41.3 Å². The average molecular weight is 331 g/mol. The van der Waals surface area contributed by atoms with Gasteiger partial charge >= 0.3 is 0 Å². The molecule has 1 aliphatic rings. The smallest absolute Gasteiger partial charge is 0.272 e. The summed E-state index contributed by atoms with van der Waals surface area (Å²) in [6, 6.07) is 1.44. The molecule has 0 spiro atoms. The number of hydrogen-bond acceptors (Lipinski definition) is 4. The number of aryl methyl sites for hydroxylation is 1. The van der Waals surface area contributed by atoms with Gasteiger partial charge in [0.2, 0.25) is 0 Å². The highest BCUT2D eigenvalue weighted by molar-refractivity contribution is 5.92. The Morgan fingerprint density at radius 3 is 2.75 bits per heavy atom. The van der Waals surface area contributed by atoms with Gasteiger partial charge in [-0.15, -0.1) is 0 Å². The number of rotatable bonds is 3. The molecule has 24 heavy (non-hydrogen) atoms. The first-order valence-corrected chi connectivity index (χ1v) is 8.31. The molecule has 2 aromatic rings. The zero-order valence-corrected chi connectivity index (χ0v) is 14.6. The number of aliphatic hydroxyl groups excluding tert-OH is 1. The number of carbonyl (C=O) groups excluding carboxylic acids is 1. The maximum atomic E-state index is 12.4. The van der Waals surface area contributed by atoms with Gasteiger partial charge in [0.1, 0.15) is 11.5 Å². The zero-order valence-electron chi connectivity index (χ0n) is 14.6. The predicted octanol–water partition coefficient (Wildman–Crippen LogP) is 1.71. The van der Waals surface area contributed by atoms with Gasteiger partial charge in [0.25, 0.3) is 5.91 Å². The van der Waals surface area contributed by atoms with Gasteiger partial charge in [0.15, 0.2) is 0 Å². The molecule has 7 nitrogen and oxygen atoms in total. The van der Waals surface area contributed by atoms with Crippen molar-refractivity contribution in [3.8, 4) is 0 Å². The SMILES string of the molecule is Cc1nccn1[C@@H]1CC[C@@H](NC(=O)c2cc(C(C)(C)C)[nH]n2)[C@H]1O. The third-order valence-corrected chi connectivity index (χ3v) is 4.73. The van der Waals surface area contributed by atoms with Crippen LogP contribution in [-0.4, -0.2) is 42.9 Å². The number of amides is 1. The van der Waals surface area contributed by atoms with Crippen molar-refractivity contribution in [2.45, 2.75) is 64.1 Å². The Labute approximate surface area is 141 Å². The van der Waals surface area contributed by atoms with Crippen molar-refractivity contribution >= 4 is 5.91 Å². The van der Waals surface area contributed by atoms with Crippen LogP contribution in [0.15, 0.2) is 18.5 Å². The number of nitrogens with one attached hydrogen (secondary N) is 2. The van der Waals surface area contributed by atoms with Gasteiger partial charge in [0, 0.05) is 23.5 Å². The van der Waals surface area contributed by atoms with E-state index in [0.717, 1.165) is 24.4 Å². The van der Waals surface area contributed by atoms with Crippen molar-refractivity contribution in [3.05, 3.63) is 35.7 Å². The topological polar surface area (TPSA) is 95.8 Å². The fourth-order valence-electron chi connectivity index (χ4n) is 3.22. The molecule has 0 radical (unpaired) electrons. The molecule has 1 saturated carbocycles. The van der Waals surface area contributed by atoms with Crippen LogP contribution in [0, 0.1) is 6.92 Å². The van der Waals surface area contributed by atoms with Crippen LogP contribution in [0.5, 0.6) is 0 Å². The second-order valence-corrected chi connectivity index (χ2v) is 7.51. The Kier molecular flexibility index (Phi) is 4.21. The van der Waals surface area contributed by atoms with Crippen LogP contribution in [0.1, 0.15) is 61.7 Å².